The Kier molecular flexibility index (Phi) is 2.25. The standard InChI is InChI=1S/C11H13NO2/c1-7-2-3-8(9-5-12-6-9)4-10(7)11(13)14/h2-4,9,12H,5-6H2,1H3,(H,13,14). The van der Waals surface area contributed by atoms with Crippen molar-refractivity contribution < 1.29 is 9.90 Å². The Labute approximate surface area is 82.8 Å². The highest BCUT2D eigenvalue weighted by Crippen LogP contribution is 2.22. The van der Waals surface area contributed by atoms with Crippen LogP contribution < -0.4 is 5.32 Å². The number of carboxylic acids is 1. The van der Waals surface area contributed by atoms with E-state index in [4.69, 9.17) is 5.11 Å². The molecule has 0 saturated carbocycles. The van der Waals surface area contributed by atoms with Gasteiger partial charge in [0.2, 0.25) is 0 Å². The van der Waals surface area contributed by atoms with Crippen LogP contribution in [0.4, 0.5) is 0 Å². The Balaban J connectivity index is 2.34. The fourth-order valence-electron chi connectivity index (χ4n) is 1.65. The number of aryl methyl sites for hydroxylation is 1. The molecule has 0 atom stereocenters. The first-order valence-electron chi connectivity index (χ1n) is 4.73. The molecule has 1 heterocycles. The summed E-state index contributed by atoms with van der Waals surface area (Å²) < 4.78 is 0. The Morgan fingerprint density at radius 2 is 2.21 bits per heavy atom. The van der Waals surface area contributed by atoms with E-state index in [0.717, 1.165) is 24.2 Å². The van der Waals surface area contributed by atoms with E-state index in [-0.39, 0.29) is 0 Å². The first-order chi connectivity index (χ1) is 6.68. The molecule has 3 nitrogen and oxygen atoms in total. The molecule has 0 spiro atoms. The number of aromatic carboxylic acids is 1. The Morgan fingerprint density at radius 3 is 2.71 bits per heavy atom. The van der Waals surface area contributed by atoms with Crippen LogP contribution in [0.15, 0.2) is 18.2 Å². The maximum atomic E-state index is 10.9. The van der Waals surface area contributed by atoms with E-state index in [1.807, 2.05) is 19.1 Å². The average molecular weight is 191 g/mol. The van der Waals surface area contributed by atoms with Crippen LogP contribution >= 0.6 is 0 Å². The van der Waals surface area contributed by atoms with E-state index in [2.05, 4.69) is 5.32 Å². The summed E-state index contributed by atoms with van der Waals surface area (Å²) in [5, 5.41) is 12.1. The predicted octanol–water partition coefficient (Wildman–Crippen LogP) is 1.38. The maximum absolute atomic E-state index is 10.9. The van der Waals surface area contributed by atoms with Gasteiger partial charge < -0.3 is 10.4 Å². The molecule has 3 heteroatoms. The molecule has 2 N–H and O–H groups in total. The van der Waals surface area contributed by atoms with Gasteiger partial charge in [-0.2, -0.15) is 0 Å². The smallest absolute Gasteiger partial charge is 0.335 e. The van der Waals surface area contributed by atoms with Gasteiger partial charge in [-0.15, -0.1) is 0 Å². The summed E-state index contributed by atoms with van der Waals surface area (Å²) in [4.78, 5) is 10.9. The molecule has 0 aromatic heterocycles. The molecule has 0 amide bonds. The van der Waals surface area contributed by atoms with Gasteiger partial charge in [-0.1, -0.05) is 12.1 Å². The third-order valence-corrected chi connectivity index (χ3v) is 2.74. The molecule has 0 bridgehead atoms. The van der Waals surface area contributed by atoms with Crippen molar-refractivity contribution in [3.8, 4) is 0 Å². The van der Waals surface area contributed by atoms with E-state index < -0.39 is 5.97 Å². The summed E-state index contributed by atoms with van der Waals surface area (Å²) in [6.07, 6.45) is 0. The number of carboxylic acid groups (broad SMARTS) is 1. The van der Waals surface area contributed by atoms with Gasteiger partial charge in [0.1, 0.15) is 0 Å². The minimum absolute atomic E-state index is 0.425. The summed E-state index contributed by atoms with van der Waals surface area (Å²) in [7, 11) is 0. The molecular weight excluding hydrogens is 178 g/mol. The minimum Gasteiger partial charge on any atom is -0.478 e. The Bertz CT molecular complexity index is 370. The van der Waals surface area contributed by atoms with Crippen LogP contribution in [-0.2, 0) is 0 Å². The molecule has 0 aliphatic carbocycles. The highest BCUT2D eigenvalue weighted by atomic mass is 16.4. The van der Waals surface area contributed by atoms with Crippen molar-refractivity contribution in [2.45, 2.75) is 12.8 Å². The Morgan fingerprint density at radius 1 is 1.50 bits per heavy atom. The lowest BCUT2D eigenvalue weighted by Gasteiger charge is -2.27. The summed E-state index contributed by atoms with van der Waals surface area (Å²) in [5.74, 6) is -0.342. The Hall–Kier alpha value is -1.35. The van der Waals surface area contributed by atoms with Gasteiger partial charge in [0.15, 0.2) is 0 Å². The quantitative estimate of drug-likeness (QED) is 0.742. The third-order valence-electron chi connectivity index (χ3n) is 2.74. The summed E-state index contributed by atoms with van der Waals surface area (Å²) in [6, 6.07) is 5.70. The van der Waals surface area contributed by atoms with Gasteiger partial charge in [-0.3, -0.25) is 0 Å². The van der Waals surface area contributed by atoms with Crippen LogP contribution in [0.25, 0.3) is 0 Å². The second kappa shape index (κ2) is 3.42. The van der Waals surface area contributed by atoms with Crippen LogP contribution in [0.3, 0.4) is 0 Å². The van der Waals surface area contributed by atoms with Gasteiger partial charge in [0, 0.05) is 19.0 Å². The van der Waals surface area contributed by atoms with Crippen molar-refractivity contribution in [1.29, 1.82) is 0 Å². The van der Waals surface area contributed by atoms with Gasteiger partial charge in [-0.25, -0.2) is 4.79 Å². The lowest BCUT2D eigenvalue weighted by Crippen LogP contribution is -2.39. The van der Waals surface area contributed by atoms with E-state index >= 15 is 0 Å². The monoisotopic (exact) mass is 191 g/mol. The number of hydrogen-bond acceptors (Lipinski definition) is 2. The van der Waals surface area contributed by atoms with Crippen LogP contribution in [0.5, 0.6) is 0 Å². The highest BCUT2D eigenvalue weighted by Gasteiger charge is 2.20. The number of nitrogens with one attached hydrogen (secondary N) is 1. The molecule has 0 radical (unpaired) electrons. The molecule has 2 rings (SSSR count). The fourth-order valence-corrected chi connectivity index (χ4v) is 1.65. The van der Waals surface area contributed by atoms with Gasteiger partial charge in [0.05, 0.1) is 5.56 Å². The van der Waals surface area contributed by atoms with Crippen molar-refractivity contribution in [2.75, 3.05) is 13.1 Å². The molecule has 1 aliphatic rings. The molecule has 1 aliphatic heterocycles. The lowest BCUT2D eigenvalue weighted by atomic mass is 9.91. The van der Waals surface area contributed by atoms with Crippen LogP contribution in [0.1, 0.15) is 27.4 Å². The van der Waals surface area contributed by atoms with E-state index in [0.29, 0.717) is 11.5 Å². The largest absolute Gasteiger partial charge is 0.478 e. The van der Waals surface area contributed by atoms with E-state index in [1.165, 1.54) is 0 Å². The number of benzene rings is 1. The molecule has 74 valence electrons. The first-order valence-corrected chi connectivity index (χ1v) is 4.73. The number of carbonyl (C=O) groups is 1. The topological polar surface area (TPSA) is 49.3 Å². The zero-order chi connectivity index (χ0) is 10.1. The van der Waals surface area contributed by atoms with E-state index in [9.17, 15) is 4.79 Å². The van der Waals surface area contributed by atoms with Crippen molar-refractivity contribution in [3.05, 3.63) is 34.9 Å². The normalized spacial score (nSPS) is 16.4. The van der Waals surface area contributed by atoms with Gasteiger partial charge in [-0.05, 0) is 24.1 Å². The minimum atomic E-state index is -0.836. The second-order valence-corrected chi connectivity index (χ2v) is 3.73. The molecule has 1 saturated heterocycles. The van der Waals surface area contributed by atoms with E-state index in [1.54, 1.807) is 6.07 Å². The van der Waals surface area contributed by atoms with Crippen molar-refractivity contribution in [2.24, 2.45) is 0 Å². The zero-order valence-electron chi connectivity index (χ0n) is 8.08. The molecular formula is C11H13NO2. The average Bonchev–Trinajstić information content (AvgIpc) is 2.04. The summed E-state index contributed by atoms with van der Waals surface area (Å²) in [5.41, 5.74) is 2.38. The SMILES string of the molecule is Cc1ccc(C2CNC2)cc1C(=O)O. The maximum Gasteiger partial charge on any atom is 0.335 e. The molecule has 1 fully saturated rings. The molecule has 1 aromatic rings. The van der Waals surface area contributed by atoms with Crippen molar-refractivity contribution >= 4 is 5.97 Å². The number of hydrogen-bond donors (Lipinski definition) is 2. The van der Waals surface area contributed by atoms with Crippen molar-refractivity contribution in [1.82, 2.24) is 5.32 Å². The molecule has 1 aromatic carbocycles. The van der Waals surface area contributed by atoms with Gasteiger partial charge in [0.25, 0.3) is 0 Å². The summed E-state index contributed by atoms with van der Waals surface area (Å²) >= 11 is 0. The number of rotatable bonds is 2. The third kappa shape index (κ3) is 1.51. The van der Waals surface area contributed by atoms with Gasteiger partial charge >= 0.3 is 5.97 Å². The zero-order valence-corrected chi connectivity index (χ0v) is 8.08. The second-order valence-electron chi connectivity index (χ2n) is 3.73. The van der Waals surface area contributed by atoms with Crippen molar-refractivity contribution in [3.63, 3.8) is 0 Å². The fraction of sp³-hybridized carbons (Fsp3) is 0.364. The predicted molar refractivity (Wildman–Crippen MR) is 53.7 cm³/mol. The lowest BCUT2D eigenvalue weighted by molar-refractivity contribution is 0.0696. The first kappa shape index (κ1) is 9.21. The van der Waals surface area contributed by atoms with Crippen LogP contribution in [0.2, 0.25) is 0 Å². The molecule has 0 unspecified atom stereocenters. The van der Waals surface area contributed by atoms with Crippen LogP contribution in [-0.4, -0.2) is 24.2 Å². The molecule has 14 heavy (non-hydrogen) atoms. The summed E-state index contributed by atoms with van der Waals surface area (Å²) in [6.45, 7) is 3.75. The highest BCUT2D eigenvalue weighted by molar-refractivity contribution is 5.89. The van der Waals surface area contributed by atoms with Crippen LogP contribution in [0, 0.1) is 6.92 Å².